The van der Waals surface area contributed by atoms with Gasteiger partial charge in [0.25, 0.3) is 0 Å². The third-order valence-electron chi connectivity index (χ3n) is 10.5. The topological polar surface area (TPSA) is 98.0 Å². The van der Waals surface area contributed by atoms with E-state index < -0.39 is 18.3 Å². The molecule has 4 aliphatic rings. The number of aliphatic hydroxyl groups excluding tert-OH is 4. The molecule has 0 saturated heterocycles. The van der Waals surface area contributed by atoms with Gasteiger partial charge in [-0.3, -0.25) is 4.79 Å². The van der Waals surface area contributed by atoms with Crippen LogP contribution in [0.3, 0.4) is 0 Å². The van der Waals surface area contributed by atoms with Gasteiger partial charge in [-0.2, -0.15) is 0 Å². The second kappa shape index (κ2) is 8.89. The first-order valence-corrected chi connectivity index (χ1v) is 13.0. The number of aliphatic hydroxyl groups is 4. The highest BCUT2D eigenvalue weighted by molar-refractivity contribution is 6.00. The molecule has 4 rings (SSSR count). The van der Waals surface area contributed by atoms with Crippen molar-refractivity contribution >= 4 is 5.78 Å². The zero-order valence-corrected chi connectivity index (χ0v) is 20.9. The fraction of sp³-hybridized carbons (Fsp3) is 0.821. The summed E-state index contributed by atoms with van der Waals surface area (Å²) >= 11 is 0. The van der Waals surface area contributed by atoms with Crippen LogP contribution in [0.25, 0.3) is 0 Å². The van der Waals surface area contributed by atoms with Crippen molar-refractivity contribution in [2.24, 2.45) is 40.4 Å². The SMILES string of the molecule is C=C(CC[C@@H](C)C1CC(=O)C2=C3C[C@H](O)C4[C@@H](O)[C@@H](O)CC[C@]4(C)C3CC[C@@]21C)[C@H](C)CO. The fourth-order valence-electron chi connectivity index (χ4n) is 8.32. The van der Waals surface area contributed by atoms with E-state index in [2.05, 4.69) is 27.4 Å². The van der Waals surface area contributed by atoms with Crippen LogP contribution in [0.5, 0.6) is 0 Å². The molecule has 5 heteroatoms. The number of hydrogen-bond acceptors (Lipinski definition) is 5. The Morgan fingerprint density at radius 1 is 1.09 bits per heavy atom. The molecular weight excluding hydrogens is 416 g/mol. The van der Waals surface area contributed by atoms with Crippen molar-refractivity contribution in [3.05, 3.63) is 23.3 Å². The number of fused-ring (bicyclic) bond motifs is 4. The Hall–Kier alpha value is -1.01. The van der Waals surface area contributed by atoms with Gasteiger partial charge in [0.1, 0.15) is 0 Å². The Kier molecular flexibility index (Phi) is 6.76. The van der Waals surface area contributed by atoms with Crippen LogP contribution in [-0.4, -0.2) is 51.1 Å². The van der Waals surface area contributed by atoms with Gasteiger partial charge >= 0.3 is 0 Å². The highest BCUT2D eigenvalue weighted by atomic mass is 16.3. The Morgan fingerprint density at radius 2 is 1.79 bits per heavy atom. The lowest BCUT2D eigenvalue weighted by atomic mass is 9.47. The summed E-state index contributed by atoms with van der Waals surface area (Å²) in [5.74, 6) is 0.868. The molecule has 0 aromatic heterocycles. The maximum Gasteiger partial charge on any atom is 0.159 e. The number of allylic oxidation sites excluding steroid dienone is 1. The zero-order chi connectivity index (χ0) is 24.3. The zero-order valence-electron chi connectivity index (χ0n) is 20.9. The molecule has 0 aromatic carbocycles. The summed E-state index contributed by atoms with van der Waals surface area (Å²) in [7, 11) is 0. The maximum atomic E-state index is 13.5. The van der Waals surface area contributed by atoms with Crippen molar-refractivity contribution < 1.29 is 25.2 Å². The summed E-state index contributed by atoms with van der Waals surface area (Å²) < 4.78 is 0. The summed E-state index contributed by atoms with van der Waals surface area (Å²) in [4.78, 5) is 13.5. The van der Waals surface area contributed by atoms with Crippen molar-refractivity contribution in [2.75, 3.05) is 6.61 Å². The monoisotopic (exact) mass is 460 g/mol. The Bertz CT molecular complexity index is 832. The standard InChI is InChI=1S/C28H44O5/c1-15(17(3)14-29)6-7-16(2)20-13-23(32)24-18-12-22(31)25-26(33)21(30)9-11-27(25,4)19(18)8-10-28(20,24)5/h16-17,19-22,25-26,29-31,33H,1,6-14H2,2-5H3/t16-,17-,19?,20?,21+,22+,25?,26+,27-,28-/m1/s1. The van der Waals surface area contributed by atoms with E-state index in [1.54, 1.807) is 0 Å². The van der Waals surface area contributed by atoms with Gasteiger partial charge in [-0.25, -0.2) is 0 Å². The van der Waals surface area contributed by atoms with Crippen LogP contribution in [0.15, 0.2) is 23.3 Å². The molecule has 0 spiro atoms. The number of hydrogen-bond donors (Lipinski definition) is 4. The van der Waals surface area contributed by atoms with Gasteiger partial charge in [0.2, 0.25) is 0 Å². The molecule has 4 aliphatic carbocycles. The Labute approximate surface area is 199 Å². The minimum atomic E-state index is -0.903. The first kappa shape index (κ1) is 25.1. The van der Waals surface area contributed by atoms with Crippen LogP contribution in [0.2, 0.25) is 0 Å². The molecule has 5 nitrogen and oxygen atoms in total. The third kappa shape index (κ3) is 3.87. The molecule has 0 amide bonds. The van der Waals surface area contributed by atoms with Gasteiger partial charge < -0.3 is 20.4 Å². The molecule has 3 unspecified atom stereocenters. The molecule has 3 fully saturated rings. The first-order valence-electron chi connectivity index (χ1n) is 13.0. The molecule has 0 radical (unpaired) electrons. The molecule has 0 heterocycles. The van der Waals surface area contributed by atoms with Crippen molar-refractivity contribution in [3.8, 4) is 0 Å². The van der Waals surface area contributed by atoms with Crippen LogP contribution >= 0.6 is 0 Å². The molecule has 33 heavy (non-hydrogen) atoms. The summed E-state index contributed by atoms with van der Waals surface area (Å²) in [6, 6.07) is 0. The van der Waals surface area contributed by atoms with Crippen LogP contribution in [0.4, 0.5) is 0 Å². The van der Waals surface area contributed by atoms with Crippen LogP contribution in [0, 0.1) is 40.4 Å². The number of carbonyl (C=O) groups is 1. The highest BCUT2D eigenvalue weighted by Gasteiger charge is 2.61. The highest BCUT2D eigenvalue weighted by Crippen LogP contribution is 2.65. The Morgan fingerprint density at radius 3 is 2.45 bits per heavy atom. The van der Waals surface area contributed by atoms with E-state index in [4.69, 9.17) is 0 Å². The second-order valence-electron chi connectivity index (χ2n) is 12.3. The lowest BCUT2D eigenvalue weighted by Gasteiger charge is -2.59. The van der Waals surface area contributed by atoms with Crippen LogP contribution in [-0.2, 0) is 4.79 Å². The summed E-state index contributed by atoms with van der Waals surface area (Å²) in [5.41, 5.74) is 2.76. The van der Waals surface area contributed by atoms with E-state index in [9.17, 15) is 25.2 Å². The molecule has 186 valence electrons. The molecular formula is C28H44O5. The second-order valence-corrected chi connectivity index (χ2v) is 12.3. The van der Waals surface area contributed by atoms with Crippen molar-refractivity contribution in [2.45, 2.75) is 97.4 Å². The van der Waals surface area contributed by atoms with E-state index in [1.807, 2.05) is 6.92 Å². The molecule has 3 saturated carbocycles. The quantitative estimate of drug-likeness (QED) is 0.452. The minimum Gasteiger partial charge on any atom is -0.396 e. The van der Waals surface area contributed by atoms with Gasteiger partial charge in [-0.15, -0.1) is 0 Å². The summed E-state index contributed by atoms with van der Waals surface area (Å²) in [6.45, 7) is 13.0. The summed E-state index contributed by atoms with van der Waals surface area (Å²) in [6.07, 6.45) is 3.69. The third-order valence-corrected chi connectivity index (χ3v) is 10.5. The van der Waals surface area contributed by atoms with Crippen LogP contribution < -0.4 is 0 Å². The number of carbonyl (C=O) groups excluding carboxylic acids is 1. The molecule has 0 aromatic rings. The molecule has 0 aliphatic heterocycles. The normalized spacial score (nSPS) is 44.7. The maximum absolute atomic E-state index is 13.5. The average molecular weight is 461 g/mol. The molecule has 4 N–H and O–H groups in total. The Balaban J connectivity index is 1.62. The van der Waals surface area contributed by atoms with Gasteiger partial charge in [0.05, 0.1) is 18.3 Å². The first-order chi connectivity index (χ1) is 15.5. The van der Waals surface area contributed by atoms with E-state index in [-0.39, 0.29) is 46.9 Å². The predicted octanol–water partition coefficient (Wildman–Crippen LogP) is 3.79. The van der Waals surface area contributed by atoms with Crippen molar-refractivity contribution in [3.63, 3.8) is 0 Å². The number of Topliss-reactive ketones (excluding diaryl/α,β-unsaturated/α-hetero) is 1. The van der Waals surface area contributed by atoms with E-state index in [0.29, 0.717) is 25.2 Å². The van der Waals surface area contributed by atoms with Crippen molar-refractivity contribution in [1.82, 2.24) is 0 Å². The lowest BCUT2D eigenvalue weighted by molar-refractivity contribution is -0.166. The van der Waals surface area contributed by atoms with Crippen molar-refractivity contribution in [1.29, 1.82) is 0 Å². The van der Waals surface area contributed by atoms with Gasteiger partial charge in [0, 0.05) is 24.5 Å². The largest absolute Gasteiger partial charge is 0.396 e. The van der Waals surface area contributed by atoms with E-state index >= 15 is 0 Å². The van der Waals surface area contributed by atoms with Gasteiger partial charge in [0.15, 0.2) is 5.78 Å². The smallest absolute Gasteiger partial charge is 0.159 e. The minimum absolute atomic E-state index is 0.105. The number of ketones is 1. The number of rotatable bonds is 6. The van der Waals surface area contributed by atoms with Gasteiger partial charge in [-0.1, -0.05) is 45.4 Å². The van der Waals surface area contributed by atoms with Crippen LogP contribution in [0.1, 0.15) is 79.1 Å². The van der Waals surface area contributed by atoms with E-state index in [0.717, 1.165) is 48.8 Å². The molecule has 0 bridgehead atoms. The fourth-order valence-corrected chi connectivity index (χ4v) is 8.32. The lowest BCUT2D eigenvalue weighted by Crippen LogP contribution is -2.59. The van der Waals surface area contributed by atoms with Gasteiger partial charge in [-0.05, 0) is 79.4 Å². The molecule has 10 atom stereocenters. The van der Waals surface area contributed by atoms with E-state index in [1.165, 1.54) is 0 Å². The predicted molar refractivity (Wildman–Crippen MR) is 128 cm³/mol. The summed E-state index contributed by atoms with van der Waals surface area (Å²) in [5, 5.41) is 41.6. The average Bonchev–Trinajstić information content (AvgIpc) is 3.04.